The summed E-state index contributed by atoms with van der Waals surface area (Å²) in [5.74, 6) is -1.51. The number of carbonyl (C=O) groups excluding carboxylic acids is 2. The Kier molecular flexibility index (Phi) is 6.99. The van der Waals surface area contributed by atoms with Crippen LogP contribution in [0.4, 0.5) is 5.69 Å². The fourth-order valence-electron chi connectivity index (χ4n) is 3.26. The number of furan rings is 1. The van der Waals surface area contributed by atoms with E-state index in [-0.39, 0.29) is 23.1 Å². The molecular formula is C24H17BrN2O7S. The van der Waals surface area contributed by atoms with Gasteiger partial charge in [-0.1, -0.05) is 22.0 Å². The summed E-state index contributed by atoms with van der Waals surface area (Å²) in [4.78, 5) is 37.9. The van der Waals surface area contributed by atoms with Crippen molar-refractivity contribution in [2.45, 2.75) is 6.61 Å². The Hall–Kier alpha value is -3.96. The van der Waals surface area contributed by atoms with Crippen molar-refractivity contribution in [3.05, 3.63) is 81.7 Å². The van der Waals surface area contributed by atoms with Crippen LogP contribution in [0.2, 0.25) is 0 Å². The van der Waals surface area contributed by atoms with Crippen LogP contribution in [0.15, 0.2) is 69.1 Å². The van der Waals surface area contributed by atoms with Gasteiger partial charge in [0.05, 0.1) is 12.8 Å². The average molecular weight is 557 g/mol. The van der Waals surface area contributed by atoms with Crippen LogP contribution in [-0.2, 0) is 16.2 Å². The first-order valence-electron chi connectivity index (χ1n) is 10.1. The van der Waals surface area contributed by atoms with E-state index in [4.69, 9.17) is 31.2 Å². The number of aromatic carboxylic acids is 1. The smallest absolute Gasteiger partial charge is 0.371 e. The number of ether oxygens (including phenoxy) is 2. The molecule has 1 aromatic heterocycles. The van der Waals surface area contributed by atoms with Crippen LogP contribution in [0, 0.1) is 0 Å². The number of nitrogens with one attached hydrogen (secondary N) is 1. The third-order valence-corrected chi connectivity index (χ3v) is 5.74. The number of carbonyl (C=O) groups is 3. The van der Waals surface area contributed by atoms with Crippen molar-refractivity contribution in [1.29, 1.82) is 0 Å². The van der Waals surface area contributed by atoms with E-state index in [1.165, 1.54) is 30.2 Å². The lowest BCUT2D eigenvalue weighted by molar-refractivity contribution is -0.122. The number of hydrogen-bond acceptors (Lipinski definition) is 7. The topological polar surface area (TPSA) is 118 Å². The van der Waals surface area contributed by atoms with Crippen molar-refractivity contribution in [3.63, 3.8) is 0 Å². The highest BCUT2D eigenvalue weighted by molar-refractivity contribution is 9.10. The highest BCUT2D eigenvalue weighted by Gasteiger charge is 2.34. The number of thiocarbonyl (C=S) groups is 1. The molecule has 3 aromatic rings. The van der Waals surface area contributed by atoms with E-state index in [9.17, 15) is 14.4 Å². The second kappa shape index (κ2) is 10.1. The molecule has 0 radical (unpaired) electrons. The van der Waals surface area contributed by atoms with Crippen molar-refractivity contribution < 1.29 is 33.4 Å². The second-order valence-electron chi connectivity index (χ2n) is 7.20. The summed E-state index contributed by atoms with van der Waals surface area (Å²) in [6.07, 6.45) is 1.43. The first-order chi connectivity index (χ1) is 16.8. The molecule has 0 saturated carbocycles. The van der Waals surface area contributed by atoms with E-state index >= 15 is 0 Å². The molecule has 1 aliphatic heterocycles. The van der Waals surface area contributed by atoms with Gasteiger partial charge in [0.2, 0.25) is 5.76 Å². The minimum atomic E-state index is -1.17. The van der Waals surface area contributed by atoms with Crippen LogP contribution < -0.4 is 19.7 Å². The number of carboxylic acid groups (broad SMARTS) is 1. The molecule has 4 rings (SSSR count). The molecule has 2 aromatic carbocycles. The summed E-state index contributed by atoms with van der Waals surface area (Å²) in [5.41, 5.74) is 0.927. The molecule has 11 heteroatoms. The number of rotatable bonds is 7. The van der Waals surface area contributed by atoms with Gasteiger partial charge in [-0.05, 0) is 72.4 Å². The molecule has 0 atom stereocenters. The van der Waals surface area contributed by atoms with Gasteiger partial charge in [-0.2, -0.15) is 0 Å². The van der Waals surface area contributed by atoms with E-state index in [0.29, 0.717) is 28.5 Å². The van der Waals surface area contributed by atoms with Crippen molar-refractivity contribution in [2.75, 3.05) is 12.0 Å². The van der Waals surface area contributed by atoms with Gasteiger partial charge in [-0.25, -0.2) is 4.79 Å². The Morgan fingerprint density at radius 2 is 1.89 bits per heavy atom. The van der Waals surface area contributed by atoms with Gasteiger partial charge < -0.3 is 19.0 Å². The summed E-state index contributed by atoms with van der Waals surface area (Å²) in [5, 5.41) is 11.5. The van der Waals surface area contributed by atoms with Gasteiger partial charge in [-0.3, -0.25) is 19.8 Å². The molecule has 0 unspecified atom stereocenters. The predicted molar refractivity (Wildman–Crippen MR) is 133 cm³/mol. The predicted octanol–water partition coefficient (Wildman–Crippen LogP) is 4.16. The van der Waals surface area contributed by atoms with Crippen LogP contribution in [0.5, 0.6) is 11.5 Å². The molecule has 35 heavy (non-hydrogen) atoms. The lowest BCUT2D eigenvalue weighted by Crippen LogP contribution is -2.54. The maximum atomic E-state index is 13.2. The molecule has 2 heterocycles. The van der Waals surface area contributed by atoms with Gasteiger partial charge in [0.15, 0.2) is 16.6 Å². The van der Waals surface area contributed by atoms with Gasteiger partial charge in [0.1, 0.15) is 17.9 Å². The second-order valence-corrected chi connectivity index (χ2v) is 8.51. The zero-order valence-electron chi connectivity index (χ0n) is 18.1. The largest absolute Gasteiger partial charge is 0.493 e. The highest BCUT2D eigenvalue weighted by atomic mass is 79.9. The van der Waals surface area contributed by atoms with E-state index in [0.717, 1.165) is 4.47 Å². The Bertz CT molecular complexity index is 1360. The van der Waals surface area contributed by atoms with Gasteiger partial charge in [0.25, 0.3) is 11.8 Å². The number of hydrogen-bond donors (Lipinski definition) is 2. The zero-order chi connectivity index (χ0) is 25.1. The fraction of sp³-hybridized carbons (Fsp3) is 0.0833. The standard InChI is InChI=1S/C24H17BrN2O7S/c1-32-20-11-13(2-8-18(20)33-12-16-7-9-19(34-16)23(30)31)10-17-21(28)26-24(35)27(22(17)29)15-5-3-14(25)4-6-15/h2-11H,12H2,1H3,(H,30,31)(H,26,28,35)/b17-10+. The molecule has 1 aliphatic rings. The summed E-state index contributed by atoms with van der Waals surface area (Å²) in [6.45, 7) is -0.0233. The first kappa shape index (κ1) is 24.2. The van der Waals surface area contributed by atoms with E-state index in [1.54, 1.807) is 42.5 Å². The SMILES string of the molecule is COc1cc(/C=C2\C(=O)NC(=S)N(c3ccc(Br)cc3)C2=O)ccc1OCc1ccc(C(=O)O)o1. The molecule has 2 amide bonds. The Morgan fingerprint density at radius 3 is 2.54 bits per heavy atom. The Balaban J connectivity index is 1.57. The number of methoxy groups -OCH3 is 1. The van der Waals surface area contributed by atoms with Crippen LogP contribution in [0.3, 0.4) is 0 Å². The van der Waals surface area contributed by atoms with E-state index < -0.39 is 17.8 Å². The molecule has 2 N–H and O–H groups in total. The summed E-state index contributed by atoms with van der Waals surface area (Å²) in [7, 11) is 1.45. The van der Waals surface area contributed by atoms with Crippen LogP contribution in [-0.4, -0.2) is 35.1 Å². The Labute approximate surface area is 213 Å². The number of amides is 2. The third-order valence-electron chi connectivity index (χ3n) is 4.93. The number of carboxylic acids is 1. The first-order valence-corrected chi connectivity index (χ1v) is 11.3. The van der Waals surface area contributed by atoms with Crippen LogP contribution in [0.25, 0.3) is 6.08 Å². The molecule has 0 bridgehead atoms. The van der Waals surface area contributed by atoms with E-state index in [2.05, 4.69) is 21.2 Å². The average Bonchev–Trinajstić information content (AvgIpc) is 3.31. The van der Waals surface area contributed by atoms with Crippen molar-refractivity contribution in [1.82, 2.24) is 5.32 Å². The van der Waals surface area contributed by atoms with Gasteiger partial charge >= 0.3 is 5.97 Å². The monoisotopic (exact) mass is 556 g/mol. The quantitative estimate of drug-likeness (QED) is 0.253. The van der Waals surface area contributed by atoms with E-state index in [1.807, 2.05) is 0 Å². The summed E-state index contributed by atoms with van der Waals surface area (Å²) in [6, 6.07) is 14.6. The third kappa shape index (κ3) is 5.26. The lowest BCUT2D eigenvalue weighted by atomic mass is 10.1. The molecule has 0 spiro atoms. The van der Waals surface area contributed by atoms with Crippen LogP contribution in [0.1, 0.15) is 21.9 Å². The Morgan fingerprint density at radius 1 is 1.14 bits per heavy atom. The maximum Gasteiger partial charge on any atom is 0.371 e. The number of nitrogens with zero attached hydrogens (tertiary/aromatic N) is 1. The fourth-order valence-corrected chi connectivity index (χ4v) is 3.81. The summed E-state index contributed by atoms with van der Waals surface area (Å²) < 4.78 is 17.1. The summed E-state index contributed by atoms with van der Waals surface area (Å²) >= 11 is 8.56. The van der Waals surface area contributed by atoms with Crippen molar-refractivity contribution in [2.24, 2.45) is 0 Å². The molecule has 0 aliphatic carbocycles. The maximum absolute atomic E-state index is 13.2. The number of anilines is 1. The van der Waals surface area contributed by atoms with Gasteiger partial charge in [-0.15, -0.1) is 0 Å². The molecule has 178 valence electrons. The van der Waals surface area contributed by atoms with Crippen molar-refractivity contribution in [3.8, 4) is 11.5 Å². The molecule has 9 nitrogen and oxygen atoms in total. The van der Waals surface area contributed by atoms with Gasteiger partial charge in [0, 0.05) is 4.47 Å². The highest BCUT2D eigenvalue weighted by Crippen LogP contribution is 2.31. The minimum absolute atomic E-state index is 0.00946. The molecule has 1 saturated heterocycles. The zero-order valence-corrected chi connectivity index (χ0v) is 20.5. The normalized spacial score (nSPS) is 14.7. The minimum Gasteiger partial charge on any atom is -0.493 e. The lowest BCUT2D eigenvalue weighted by Gasteiger charge is -2.29. The van der Waals surface area contributed by atoms with Crippen LogP contribution >= 0.6 is 28.1 Å². The number of halogens is 1. The van der Waals surface area contributed by atoms with Crippen molar-refractivity contribution >= 4 is 62.8 Å². The number of benzene rings is 2. The molecular weight excluding hydrogens is 540 g/mol. The molecule has 1 fully saturated rings.